The molecule has 96 valence electrons. The summed E-state index contributed by atoms with van der Waals surface area (Å²) in [5, 5.41) is 3.07. The van der Waals surface area contributed by atoms with E-state index in [0.29, 0.717) is 10.6 Å². The van der Waals surface area contributed by atoms with Crippen LogP contribution in [0.5, 0.6) is 0 Å². The Morgan fingerprint density at radius 3 is 2.53 bits per heavy atom. The van der Waals surface area contributed by atoms with E-state index in [2.05, 4.69) is 10.3 Å². The number of hydrogen-bond donors (Lipinski definition) is 1. The van der Waals surface area contributed by atoms with Gasteiger partial charge in [0.15, 0.2) is 0 Å². The summed E-state index contributed by atoms with van der Waals surface area (Å²) in [6, 6.07) is 9.78. The van der Waals surface area contributed by atoms with E-state index in [1.54, 1.807) is 30.6 Å². The number of nitrogens with one attached hydrogen (secondary N) is 1. The third kappa shape index (κ3) is 3.63. The number of benzene rings is 1. The zero-order chi connectivity index (χ0) is 13.7. The SMILES string of the molecule is O=C(NCc1cccnc1)C(=O)c1ccc(Cl)cc1. The van der Waals surface area contributed by atoms with Gasteiger partial charge in [-0.15, -0.1) is 0 Å². The van der Waals surface area contributed by atoms with Gasteiger partial charge in [0.2, 0.25) is 5.78 Å². The van der Waals surface area contributed by atoms with Crippen LogP contribution >= 0.6 is 11.6 Å². The van der Waals surface area contributed by atoms with Crippen molar-refractivity contribution in [3.63, 3.8) is 0 Å². The van der Waals surface area contributed by atoms with Crippen LogP contribution < -0.4 is 5.32 Å². The fraction of sp³-hybridized carbons (Fsp3) is 0.0714. The Morgan fingerprint density at radius 1 is 1.16 bits per heavy atom. The maximum absolute atomic E-state index is 11.8. The summed E-state index contributed by atoms with van der Waals surface area (Å²) in [7, 11) is 0. The third-order valence-corrected chi connectivity index (χ3v) is 2.74. The lowest BCUT2D eigenvalue weighted by Crippen LogP contribution is -2.30. The Labute approximate surface area is 115 Å². The van der Waals surface area contributed by atoms with Crippen LogP contribution in [0.15, 0.2) is 48.8 Å². The molecule has 5 heteroatoms. The van der Waals surface area contributed by atoms with Crippen LogP contribution in [-0.4, -0.2) is 16.7 Å². The second-order valence-corrected chi connectivity index (χ2v) is 4.32. The van der Waals surface area contributed by atoms with E-state index in [4.69, 9.17) is 11.6 Å². The monoisotopic (exact) mass is 274 g/mol. The molecule has 0 aliphatic heterocycles. The molecule has 2 aromatic rings. The highest BCUT2D eigenvalue weighted by molar-refractivity contribution is 6.43. The molecular weight excluding hydrogens is 264 g/mol. The highest BCUT2D eigenvalue weighted by Gasteiger charge is 2.15. The molecule has 0 saturated heterocycles. The molecule has 0 spiro atoms. The first-order chi connectivity index (χ1) is 9.16. The lowest BCUT2D eigenvalue weighted by molar-refractivity contribution is -0.117. The molecule has 1 N–H and O–H groups in total. The van der Waals surface area contributed by atoms with Crippen molar-refractivity contribution in [2.24, 2.45) is 0 Å². The summed E-state index contributed by atoms with van der Waals surface area (Å²) in [5.41, 5.74) is 1.15. The number of Topliss-reactive ketones (excluding diaryl/α,β-unsaturated/α-hetero) is 1. The quantitative estimate of drug-likeness (QED) is 0.687. The molecule has 0 atom stereocenters. The van der Waals surface area contributed by atoms with Crippen molar-refractivity contribution in [2.75, 3.05) is 0 Å². The fourth-order valence-corrected chi connectivity index (χ4v) is 1.62. The van der Waals surface area contributed by atoms with Crippen molar-refractivity contribution in [3.05, 3.63) is 64.9 Å². The maximum Gasteiger partial charge on any atom is 0.292 e. The highest BCUT2D eigenvalue weighted by Crippen LogP contribution is 2.10. The van der Waals surface area contributed by atoms with Gasteiger partial charge in [0.25, 0.3) is 5.91 Å². The number of nitrogens with zero attached hydrogens (tertiary/aromatic N) is 1. The third-order valence-electron chi connectivity index (χ3n) is 2.49. The average Bonchev–Trinajstić information content (AvgIpc) is 2.46. The zero-order valence-corrected chi connectivity index (χ0v) is 10.7. The number of halogens is 1. The number of carbonyl (C=O) groups is 2. The van der Waals surface area contributed by atoms with Gasteiger partial charge in [0, 0.05) is 29.5 Å². The lowest BCUT2D eigenvalue weighted by Gasteiger charge is -2.04. The number of amides is 1. The molecular formula is C14H11ClN2O2. The largest absolute Gasteiger partial charge is 0.345 e. The molecule has 1 amide bonds. The average molecular weight is 275 g/mol. The molecule has 0 aliphatic rings. The predicted octanol–water partition coefficient (Wildman–Crippen LogP) is 2.23. The first-order valence-electron chi connectivity index (χ1n) is 5.64. The second kappa shape index (κ2) is 6.11. The van der Waals surface area contributed by atoms with Crippen LogP contribution in [0.1, 0.15) is 15.9 Å². The Hall–Kier alpha value is -2.20. The van der Waals surface area contributed by atoms with E-state index < -0.39 is 11.7 Å². The molecule has 0 saturated carbocycles. The van der Waals surface area contributed by atoms with Crippen LogP contribution in [0.3, 0.4) is 0 Å². The minimum Gasteiger partial charge on any atom is -0.345 e. The van der Waals surface area contributed by atoms with Gasteiger partial charge in [-0.2, -0.15) is 0 Å². The summed E-state index contributed by atoms with van der Waals surface area (Å²) in [6.45, 7) is 0.270. The molecule has 1 aromatic heterocycles. The van der Waals surface area contributed by atoms with Gasteiger partial charge in [-0.3, -0.25) is 14.6 Å². The smallest absolute Gasteiger partial charge is 0.292 e. The highest BCUT2D eigenvalue weighted by atomic mass is 35.5. The van der Waals surface area contributed by atoms with Crippen LogP contribution in [0.25, 0.3) is 0 Å². The van der Waals surface area contributed by atoms with Crippen molar-refractivity contribution in [2.45, 2.75) is 6.54 Å². The van der Waals surface area contributed by atoms with Crippen molar-refractivity contribution in [3.8, 4) is 0 Å². The molecule has 0 radical (unpaired) electrons. The van der Waals surface area contributed by atoms with Crippen molar-refractivity contribution < 1.29 is 9.59 Å². The number of ketones is 1. The van der Waals surface area contributed by atoms with Gasteiger partial charge < -0.3 is 5.32 Å². The molecule has 4 nitrogen and oxygen atoms in total. The van der Waals surface area contributed by atoms with E-state index in [9.17, 15) is 9.59 Å². The molecule has 0 bridgehead atoms. The maximum atomic E-state index is 11.8. The van der Waals surface area contributed by atoms with Crippen LogP contribution in [-0.2, 0) is 11.3 Å². The van der Waals surface area contributed by atoms with Gasteiger partial charge in [0.1, 0.15) is 0 Å². The van der Waals surface area contributed by atoms with E-state index >= 15 is 0 Å². The first-order valence-corrected chi connectivity index (χ1v) is 6.01. The molecule has 1 aromatic carbocycles. The van der Waals surface area contributed by atoms with E-state index in [-0.39, 0.29) is 6.54 Å². The summed E-state index contributed by atoms with van der Waals surface area (Å²) in [4.78, 5) is 27.4. The minimum absolute atomic E-state index is 0.270. The predicted molar refractivity (Wildman–Crippen MR) is 71.9 cm³/mol. The molecule has 0 fully saturated rings. The fourth-order valence-electron chi connectivity index (χ4n) is 1.50. The van der Waals surface area contributed by atoms with E-state index in [1.165, 1.54) is 12.1 Å². The second-order valence-electron chi connectivity index (χ2n) is 3.88. The van der Waals surface area contributed by atoms with Crippen molar-refractivity contribution in [1.82, 2.24) is 10.3 Å². The normalized spacial score (nSPS) is 9.95. The standard InChI is InChI=1S/C14H11ClN2O2/c15-12-5-3-11(4-6-12)13(18)14(19)17-9-10-2-1-7-16-8-10/h1-8H,9H2,(H,17,19). The summed E-state index contributed by atoms with van der Waals surface area (Å²) in [6.07, 6.45) is 3.28. The Kier molecular flexibility index (Phi) is 4.26. The van der Waals surface area contributed by atoms with Crippen LogP contribution in [0.2, 0.25) is 5.02 Å². The molecule has 19 heavy (non-hydrogen) atoms. The van der Waals surface area contributed by atoms with E-state index in [1.807, 2.05) is 6.07 Å². The Balaban J connectivity index is 1.96. The topological polar surface area (TPSA) is 59.1 Å². The van der Waals surface area contributed by atoms with Crippen molar-refractivity contribution in [1.29, 1.82) is 0 Å². The molecule has 1 heterocycles. The zero-order valence-electron chi connectivity index (χ0n) is 9.97. The first kappa shape index (κ1) is 13.2. The Bertz CT molecular complexity index is 582. The number of rotatable bonds is 4. The van der Waals surface area contributed by atoms with Crippen LogP contribution in [0, 0.1) is 0 Å². The van der Waals surface area contributed by atoms with E-state index in [0.717, 1.165) is 5.56 Å². The molecule has 2 rings (SSSR count). The number of carbonyl (C=O) groups excluding carboxylic acids is 2. The number of hydrogen-bond acceptors (Lipinski definition) is 3. The van der Waals surface area contributed by atoms with Crippen LogP contribution in [0.4, 0.5) is 0 Å². The van der Waals surface area contributed by atoms with Crippen molar-refractivity contribution >= 4 is 23.3 Å². The Morgan fingerprint density at radius 2 is 1.89 bits per heavy atom. The van der Waals surface area contributed by atoms with Gasteiger partial charge in [0.05, 0.1) is 0 Å². The lowest BCUT2D eigenvalue weighted by atomic mass is 10.1. The summed E-state index contributed by atoms with van der Waals surface area (Å²) < 4.78 is 0. The van der Waals surface area contributed by atoms with Gasteiger partial charge in [-0.05, 0) is 35.9 Å². The van der Waals surface area contributed by atoms with Gasteiger partial charge in [-0.1, -0.05) is 17.7 Å². The van der Waals surface area contributed by atoms with Gasteiger partial charge in [-0.25, -0.2) is 0 Å². The summed E-state index contributed by atoms with van der Waals surface area (Å²) in [5.74, 6) is -1.23. The van der Waals surface area contributed by atoms with Gasteiger partial charge >= 0.3 is 0 Å². The molecule has 0 aliphatic carbocycles. The number of aromatic nitrogens is 1. The summed E-state index contributed by atoms with van der Waals surface area (Å²) >= 11 is 5.72. The minimum atomic E-state index is -0.647. The molecule has 0 unspecified atom stereocenters. The number of pyridine rings is 1.